The Balaban J connectivity index is 2.85. The van der Waals surface area contributed by atoms with E-state index in [1.807, 2.05) is 44.2 Å². The highest BCUT2D eigenvalue weighted by atomic mass is 16.5. The number of nitrogens with zero attached hydrogens (tertiary/aromatic N) is 1. The summed E-state index contributed by atoms with van der Waals surface area (Å²) in [6.45, 7) is 6.69. The minimum Gasteiger partial charge on any atom is -0.465 e. The van der Waals surface area contributed by atoms with Gasteiger partial charge in [-0.25, -0.2) is 0 Å². The Bertz CT molecular complexity index is 445. The maximum atomic E-state index is 12.7. The Labute approximate surface area is 127 Å². The van der Waals surface area contributed by atoms with Gasteiger partial charge in [0.1, 0.15) is 6.54 Å². The van der Waals surface area contributed by atoms with Crippen LogP contribution in [0.15, 0.2) is 30.3 Å². The molecule has 4 heteroatoms. The van der Waals surface area contributed by atoms with Crippen LogP contribution in [0.4, 0.5) is 0 Å². The lowest BCUT2D eigenvalue weighted by molar-refractivity contribution is -0.149. The third kappa shape index (κ3) is 5.21. The minimum absolute atomic E-state index is 0.00129. The summed E-state index contributed by atoms with van der Waals surface area (Å²) in [4.78, 5) is 26.0. The van der Waals surface area contributed by atoms with E-state index in [-0.39, 0.29) is 24.3 Å². The number of esters is 1. The van der Waals surface area contributed by atoms with E-state index in [9.17, 15) is 9.59 Å². The van der Waals surface area contributed by atoms with Gasteiger partial charge in [0.2, 0.25) is 5.91 Å². The maximum absolute atomic E-state index is 12.7. The first-order chi connectivity index (χ1) is 10.1. The smallest absolute Gasteiger partial charge is 0.325 e. The molecule has 0 saturated carbocycles. The molecular formula is C17H25NO3. The van der Waals surface area contributed by atoms with Gasteiger partial charge in [-0.1, -0.05) is 44.2 Å². The van der Waals surface area contributed by atoms with Crippen molar-refractivity contribution in [2.75, 3.05) is 19.7 Å². The molecule has 0 aliphatic rings. The second-order valence-electron chi connectivity index (χ2n) is 4.94. The summed E-state index contributed by atoms with van der Waals surface area (Å²) in [5.74, 6) is -0.548. The van der Waals surface area contributed by atoms with E-state index in [0.717, 1.165) is 12.0 Å². The molecule has 0 aliphatic heterocycles. The number of carbonyl (C=O) groups excluding carboxylic acids is 2. The van der Waals surface area contributed by atoms with Crippen LogP contribution in [0.25, 0.3) is 0 Å². The molecule has 0 saturated heterocycles. The van der Waals surface area contributed by atoms with Crippen molar-refractivity contribution in [3.63, 3.8) is 0 Å². The Kier molecular flexibility index (Phi) is 7.51. The monoisotopic (exact) mass is 291 g/mol. The molecule has 0 heterocycles. The predicted molar refractivity (Wildman–Crippen MR) is 83.0 cm³/mol. The van der Waals surface area contributed by atoms with Crippen molar-refractivity contribution in [3.05, 3.63) is 35.9 Å². The minimum atomic E-state index is -0.345. The zero-order valence-corrected chi connectivity index (χ0v) is 13.2. The van der Waals surface area contributed by atoms with Gasteiger partial charge in [-0.2, -0.15) is 0 Å². The normalized spacial score (nSPS) is 11.8. The van der Waals surface area contributed by atoms with Gasteiger partial charge in [0, 0.05) is 6.54 Å². The van der Waals surface area contributed by atoms with E-state index < -0.39 is 0 Å². The number of hydrogen-bond donors (Lipinski definition) is 0. The molecule has 1 unspecified atom stereocenters. The van der Waals surface area contributed by atoms with Gasteiger partial charge in [-0.05, 0) is 25.3 Å². The summed E-state index contributed by atoms with van der Waals surface area (Å²) < 4.78 is 4.96. The fourth-order valence-electron chi connectivity index (χ4n) is 2.36. The number of ether oxygens (including phenoxy) is 1. The van der Waals surface area contributed by atoms with E-state index in [4.69, 9.17) is 4.74 Å². The van der Waals surface area contributed by atoms with E-state index in [0.29, 0.717) is 19.6 Å². The van der Waals surface area contributed by atoms with Crippen LogP contribution in [-0.2, 0) is 14.3 Å². The number of amides is 1. The van der Waals surface area contributed by atoms with Gasteiger partial charge in [-0.15, -0.1) is 0 Å². The highest BCUT2D eigenvalue weighted by molar-refractivity contribution is 5.87. The third-order valence-electron chi connectivity index (χ3n) is 3.34. The summed E-state index contributed by atoms with van der Waals surface area (Å²) in [5.41, 5.74) is 0.995. The molecule has 1 aromatic rings. The zero-order chi connectivity index (χ0) is 15.7. The highest BCUT2D eigenvalue weighted by Gasteiger charge is 2.25. The molecule has 0 aromatic heterocycles. The molecule has 1 atom stereocenters. The van der Waals surface area contributed by atoms with Crippen LogP contribution in [-0.4, -0.2) is 36.5 Å². The lowest BCUT2D eigenvalue weighted by Crippen LogP contribution is -2.40. The van der Waals surface area contributed by atoms with Crippen molar-refractivity contribution in [1.82, 2.24) is 4.90 Å². The van der Waals surface area contributed by atoms with Crippen molar-refractivity contribution in [3.8, 4) is 0 Å². The van der Waals surface area contributed by atoms with Crippen LogP contribution in [0.5, 0.6) is 0 Å². The van der Waals surface area contributed by atoms with E-state index in [2.05, 4.69) is 0 Å². The van der Waals surface area contributed by atoms with Gasteiger partial charge < -0.3 is 9.64 Å². The van der Waals surface area contributed by atoms with Crippen molar-refractivity contribution >= 4 is 11.9 Å². The van der Waals surface area contributed by atoms with Crippen LogP contribution < -0.4 is 0 Å². The molecule has 0 fully saturated rings. The quantitative estimate of drug-likeness (QED) is 0.692. The van der Waals surface area contributed by atoms with E-state index >= 15 is 0 Å². The Morgan fingerprint density at radius 2 is 1.81 bits per heavy atom. The van der Waals surface area contributed by atoms with Gasteiger partial charge in [-0.3, -0.25) is 9.59 Å². The number of benzene rings is 1. The molecule has 0 spiro atoms. The van der Waals surface area contributed by atoms with Crippen molar-refractivity contribution in [2.45, 2.75) is 39.5 Å². The first-order valence-electron chi connectivity index (χ1n) is 7.63. The first kappa shape index (κ1) is 17.2. The second-order valence-corrected chi connectivity index (χ2v) is 4.94. The highest BCUT2D eigenvalue weighted by Crippen LogP contribution is 2.22. The fraction of sp³-hybridized carbons (Fsp3) is 0.529. The Morgan fingerprint density at radius 1 is 1.14 bits per heavy atom. The molecule has 1 rings (SSSR count). The van der Waals surface area contributed by atoms with E-state index in [1.165, 1.54) is 0 Å². The van der Waals surface area contributed by atoms with Crippen molar-refractivity contribution in [2.24, 2.45) is 0 Å². The fourth-order valence-corrected chi connectivity index (χ4v) is 2.36. The van der Waals surface area contributed by atoms with Crippen LogP contribution in [0.2, 0.25) is 0 Å². The first-order valence-corrected chi connectivity index (χ1v) is 7.63. The summed E-state index contributed by atoms with van der Waals surface area (Å²) in [6, 6.07) is 9.71. The molecule has 1 aromatic carbocycles. The second kappa shape index (κ2) is 9.16. The van der Waals surface area contributed by atoms with Crippen molar-refractivity contribution in [1.29, 1.82) is 0 Å². The summed E-state index contributed by atoms with van der Waals surface area (Å²) in [6.07, 6.45) is 1.53. The molecule has 0 aliphatic carbocycles. The summed E-state index contributed by atoms with van der Waals surface area (Å²) >= 11 is 0. The van der Waals surface area contributed by atoms with Gasteiger partial charge in [0.25, 0.3) is 0 Å². The zero-order valence-electron chi connectivity index (χ0n) is 13.2. The molecule has 1 amide bonds. The topological polar surface area (TPSA) is 46.6 Å². The largest absolute Gasteiger partial charge is 0.465 e. The average Bonchev–Trinajstić information content (AvgIpc) is 2.49. The summed E-state index contributed by atoms with van der Waals surface area (Å²) in [5, 5.41) is 0. The van der Waals surface area contributed by atoms with Crippen LogP contribution in [0, 0.1) is 0 Å². The number of rotatable bonds is 8. The molecule has 116 valence electrons. The SMILES string of the molecule is CCCN(CC(=O)OCC)C(=O)C(CC)c1ccccc1. The molecule has 0 radical (unpaired) electrons. The Hall–Kier alpha value is -1.84. The lowest BCUT2D eigenvalue weighted by Gasteiger charge is -2.26. The van der Waals surface area contributed by atoms with E-state index in [1.54, 1.807) is 11.8 Å². The molecule has 21 heavy (non-hydrogen) atoms. The lowest BCUT2D eigenvalue weighted by atomic mass is 9.95. The number of carbonyl (C=O) groups is 2. The summed E-state index contributed by atoms with van der Waals surface area (Å²) in [7, 11) is 0. The third-order valence-corrected chi connectivity index (χ3v) is 3.34. The van der Waals surface area contributed by atoms with Crippen molar-refractivity contribution < 1.29 is 14.3 Å². The Morgan fingerprint density at radius 3 is 2.33 bits per heavy atom. The molecule has 4 nitrogen and oxygen atoms in total. The molecule has 0 bridgehead atoms. The van der Waals surface area contributed by atoms with Gasteiger partial charge >= 0.3 is 5.97 Å². The molecule has 0 N–H and O–H groups in total. The van der Waals surface area contributed by atoms with Crippen LogP contribution in [0.3, 0.4) is 0 Å². The van der Waals surface area contributed by atoms with Crippen LogP contribution >= 0.6 is 0 Å². The number of hydrogen-bond acceptors (Lipinski definition) is 3. The van der Waals surface area contributed by atoms with Gasteiger partial charge in [0.15, 0.2) is 0 Å². The predicted octanol–water partition coefficient (Wildman–Crippen LogP) is 2.98. The molecular weight excluding hydrogens is 266 g/mol. The average molecular weight is 291 g/mol. The van der Waals surface area contributed by atoms with Crippen LogP contribution in [0.1, 0.15) is 45.1 Å². The van der Waals surface area contributed by atoms with Gasteiger partial charge in [0.05, 0.1) is 12.5 Å². The maximum Gasteiger partial charge on any atom is 0.325 e. The standard InChI is InChI=1S/C17H25NO3/c1-4-12-18(13-16(19)21-6-3)17(20)15(5-2)14-10-8-7-9-11-14/h7-11,15H,4-6,12-13H2,1-3H3.